The Hall–Kier alpha value is -2.22. The summed E-state index contributed by atoms with van der Waals surface area (Å²) < 4.78 is 23.9. The van der Waals surface area contributed by atoms with Crippen LogP contribution in [0.3, 0.4) is 0 Å². The van der Waals surface area contributed by atoms with Gasteiger partial charge >= 0.3 is 0 Å². The van der Waals surface area contributed by atoms with Gasteiger partial charge in [0.05, 0.1) is 15.1 Å². The molecule has 0 heterocycles. The number of nitrogens with one attached hydrogen (secondary N) is 2. The lowest BCUT2D eigenvalue weighted by Crippen LogP contribution is -2.48. The van der Waals surface area contributed by atoms with E-state index in [2.05, 4.69) is 10.9 Å². The van der Waals surface area contributed by atoms with Crippen LogP contribution in [0.25, 0.3) is 0 Å². The van der Waals surface area contributed by atoms with Gasteiger partial charge in [0, 0.05) is 6.07 Å². The van der Waals surface area contributed by atoms with Gasteiger partial charge in [-0.15, -0.1) is 0 Å². The summed E-state index contributed by atoms with van der Waals surface area (Å²) in [6, 6.07) is 8.38. The molecular formula is C17H14Cl3FN2O4. The first kappa shape index (κ1) is 21.1. The van der Waals surface area contributed by atoms with Crippen LogP contribution in [-0.4, -0.2) is 24.5 Å². The molecule has 2 rings (SSSR count). The zero-order valence-electron chi connectivity index (χ0n) is 13.9. The Balaban J connectivity index is 1.80. The summed E-state index contributed by atoms with van der Waals surface area (Å²) in [5.41, 5.74) is 4.29. The Morgan fingerprint density at radius 1 is 1.04 bits per heavy atom. The predicted molar refractivity (Wildman–Crippen MR) is 99.7 cm³/mol. The molecule has 1 atom stereocenters. The van der Waals surface area contributed by atoms with Crippen molar-refractivity contribution in [2.75, 3.05) is 6.61 Å². The van der Waals surface area contributed by atoms with Gasteiger partial charge in [0.25, 0.3) is 11.8 Å². The van der Waals surface area contributed by atoms with E-state index >= 15 is 0 Å². The van der Waals surface area contributed by atoms with Crippen molar-refractivity contribution in [1.29, 1.82) is 0 Å². The van der Waals surface area contributed by atoms with E-state index in [0.29, 0.717) is 0 Å². The number of hydrogen-bond donors (Lipinski definition) is 2. The van der Waals surface area contributed by atoms with E-state index in [0.717, 1.165) is 0 Å². The van der Waals surface area contributed by atoms with Crippen LogP contribution in [0.4, 0.5) is 4.39 Å². The lowest BCUT2D eigenvalue weighted by Gasteiger charge is -2.15. The molecule has 0 radical (unpaired) electrons. The number of benzene rings is 2. The smallest absolute Gasteiger partial charge is 0.279 e. The minimum Gasteiger partial charge on any atom is -0.482 e. The van der Waals surface area contributed by atoms with Crippen molar-refractivity contribution in [3.05, 3.63) is 57.3 Å². The van der Waals surface area contributed by atoms with Gasteiger partial charge in [0.15, 0.2) is 24.3 Å². The number of amides is 2. The Morgan fingerprint density at radius 3 is 2.41 bits per heavy atom. The molecule has 0 spiro atoms. The first-order chi connectivity index (χ1) is 12.8. The van der Waals surface area contributed by atoms with Crippen molar-refractivity contribution in [2.24, 2.45) is 0 Å². The molecule has 0 unspecified atom stereocenters. The number of carbonyl (C=O) groups is 2. The molecular weight excluding hydrogens is 422 g/mol. The monoisotopic (exact) mass is 434 g/mol. The van der Waals surface area contributed by atoms with Crippen molar-refractivity contribution < 1.29 is 23.5 Å². The molecule has 0 aliphatic heterocycles. The lowest BCUT2D eigenvalue weighted by atomic mass is 10.3. The summed E-state index contributed by atoms with van der Waals surface area (Å²) in [6.07, 6.45) is -1.05. The summed E-state index contributed by atoms with van der Waals surface area (Å²) in [5.74, 6) is -1.87. The number of ether oxygens (including phenoxy) is 2. The first-order valence-corrected chi connectivity index (χ1v) is 8.68. The molecule has 6 nitrogen and oxygen atoms in total. The van der Waals surface area contributed by atoms with E-state index in [1.54, 1.807) is 6.07 Å². The maximum atomic E-state index is 13.5. The lowest BCUT2D eigenvalue weighted by molar-refractivity contribution is -0.133. The molecule has 0 saturated heterocycles. The third kappa shape index (κ3) is 6.16. The third-order valence-electron chi connectivity index (χ3n) is 3.17. The second-order valence-electron chi connectivity index (χ2n) is 5.21. The molecule has 0 aliphatic rings. The number of halogens is 4. The molecule has 27 heavy (non-hydrogen) atoms. The number of carbonyl (C=O) groups excluding carboxylic acids is 2. The predicted octanol–water partition coefficient (Wildman–Crippen LogP) is 3.78. The zero-order valence-corrected chi connectivity index (χ0v) is 16.2. The molecule has 2 amide bonds. The minimum absolute atomic E-state index is 0.0796. The second kappa shape index (κ2) is 9.64. The fraction of sp³-hybridized carbons (Fsp3) is 0.176. The van der Waals surface area contributed by atoms with Crippen LogP contribution in [0.15, 0.2) is 36.4 Å². The molecule has 2 aromatic carbocycles. The van der Waals surface area contributed by atoms with Crippen LogP contribution in [0, 0.1) is 5.82 Å². The maximum absolute atomic E-state index is 13.5. The van der Waals surface area contributed by atoms with Crippen LogP contribution in [0.5, 0.6) is 11.5 Å². The number of rotatable bonds is 6. The standard InChI is InChI=1S/C17H14Cl3FN2O4/c1-9(27-14-5-3-2-4-13(14)21)17(25)23-22-16(24)8-26-15-7-11(19)10(18)6-12(15)20/h2-7,9H,8H2,1H3,(H,22,24)(H,23,25)/t9-/m1/s1. The molecule has 0 saturated carbocycles. The fourth-order valence-corrected chi connectivity index (χ4v) is 2.40. The number of para-hydroxylation sites is 1. The average molecular weight is 436 g/mol. The van der Waals surface area contributed by atoms with E-state index in [4.69, 9.17) is 44.3 Å². The highest BCUT2D eigenvalue weighted by atomic mass is 35.5. The number of hydrogen-bond acceptors (Lipinski definition) is 4. The Kier molecular flexibility index (Phi) is 7.53. The van der Waals surface area contributed by atoms with Crippen LogP contribution >= 0.6 is 34.8 Å². The molecule has 0 aliphatic carbocycles. The second-order valence-corrected chi connectivity index (χ2v) is 6.43. The summed E-state index contributed by atoms with van der Waals surface area (Å²) in [6.45, 7) is 0.959. The highest BCUT2D eigenvalue weighted by Crippen LogP contribution is 2.33. The van der Waals surface area contributed by atoms with Crippen LogP contribution in [0.2, 0.25) is 15.1 Å². The van der Waals surface area contributed by atoms with Gasteiger partial charge in [-0.1, -0.05) is 46.9 Å². The van der Waals surface area contributed by atoms with Crippen molar-refractivity contribution >= 4 is 46.6 Å². The summed E-state index contributed by atoms with van der Waals surface area (Å²) in [5, 5.41) is 0.631. The van der Waals surface area contributed by atoms with Gasteiger partial charge in [-0.25, -0.2) is 4.39 Å². The molecule has 10 heteroatoms. The van der Waals surface area contributed by atoms with Crippen LogP contribution in [0.1, 0.15) is 6.92 Å². The summed E-state index contributed by atoms with van der Waals surface area (Å²) >= 11 is 17.6. The van der Waals surface area contributed by atoms with E-state index in [9.17, 15) is 14.0 Å². The minimum atomic E-state index is -1.05. The molecule has 2 aromatic rings. The molecule has 2 N–H and O–H groups in total. The van der Waals surface area contributed by atoms with Gasteiger partial charge < -0.3 is 9.47 Å². The summed E-state index contributed by atoms with van der Waals surface area (Å²) in [4.78, 5) is 23.7. The molecule has 0 bridgehead atoms. The van der Waals surface area contributed by atoms with Gasteiger partial charge in [-0.2, -0.15) is 0 Å². The van der Waals surface area contributed by atoms with Gasteiger partial charge in [-0.05, 0) is 25.1 Å². The largest absolute Gasteiger partial charge is 0.482 e. The van der Waals surface area contributed by atoms with Crippen molar-refractivity contribution in [1.82, 2.24) is 10.9 Å². The van der Waals surface area contributed by atoms with Crippen LogP contribution in [-0.2, 0) is 9.59 Å². The van der Waals surface area contributed by atoms with Gasteiger partial charge in [0.2, 0.25) is 0 Å². The van der Waals surface area contributed by atoms with E-state index < -0.39 is 30.3 Å². The Labute approximate surface area is 169 Å². The van der Waals surface area contributed by atoms with Gasteiger partial charge in [-0.3, -0.25) is 20.4 Å². The highest BCUT2D eigenvalue weighted by molar-refractivity contribution is 6.43. The number of hydrazine groups is 1. The first-order valence-electron chi connectivity index (χ1n) is 7.55. The zero-order chi connectivity index (χ0) is 20.0. The maximum Gasteiger partial charge on any atom is 0.279 e. The van der Waals surface area contributed by atoms with Gasteiger partial charge in [0.1, 0.15) is 5.75 Å². The Morgan fingerprint density at radius 2 is 1.70 bits per heavy atom. The third-order valence-corrected chi connectivity index (χ3v) is 4.19. The SMILES string of the molecule is C[C@@H](Oc1ccccc1F)C(=O)NNC(=O)COc1cc(Cl)c(Cl)cc1Cl. The van der Waals surface area contributed by atoms with E-state index in [-0.39, 0.29) is 26.6 Å². The quantitative estimate of drug-likeness (QED) is 0.535. The average Bonchev–Trinajstić information content (AvgIpc) is 2.63. The van der Waals surface area contributed by atoms with Crippen molar-refractivity contribution in [3.8, 4) is 11.5 Å². The highest BCUT2D eigenvalue weighted by Gasteiger charge is 2.17. The Bertz CT molecular complexity index is 851. The van der Waals surface area contributed by atoms with E-state index in [1.165, 1.54) is 37.3 Å². The topological polar surface area (TPSA) is 76.7 Å². The normalized spacial score (nSPS) is 11.4. The van der Waals surface area contributed by atoms with Crippen molar-refractivity contribution in [3.63, 3.8) is 0 Å². The fourth-order valence-electron chi connectivity index (χ4n) is 1.81. The van der Waals surface area contributed by atoms with Crippen LogP contribution < -0.4 is 20.3 Å². The molecule has 144 valence electrons. The molecule has 0 fully saturated rings. The van der Waals surface area contributed by atoms with Crippen molar-refractivity contribution in [2.45, 2.75) is 13.0 Å². The summed E-state index contributed by atoms with van der Waals surface area (Å²) in [7, 11) is 0. The van der Waals surface area contributed by atoms with E-state index in [1.807, 2.05) is 0 Å². The molecule has 0 aromatic heterocycles.